The zero-order valence-corrected chi connectivity index (χ0v) is 27.8. The molecule has 1 aromatic heterocycles. The van der Waals surface area contributed by atoms with E-state index in [1.54, 1.807) is 0 Å². The predicted molar refractivity (Wildman–Crippen MR) is 213 cm³/mol. The van der Waals surface area contributed by atoms with Crippen LogP contribution in [0, 0.1) is 0 Å². The van der Waals surface area contributed by atoms with Gasteiger partial charge in [-0.15, -0.1) is 0 Å². The van der Waals surface area contributed by atoms with E-state index in [2.05, 4.69) is 133 Å². The van der Waals surface area contributed by atoms with Gasteiger partial charge >= 0.3 is 0 Å². The van der Waals surface area contributed by atoms with E-state index in [1.165, 1.54) is 21.5 Å². The van der Waals surface area contributed by atoms with E-state index in [4.69, 9.17) is 20.1 Å². The van der Waals surface area contributed by atoms with Gasteiger partial charge in [0.1, 0.15) is 17.0 Å². The molecule has 0 saturated heterocycles. The van der Waals surface area contributed by atoms with Gasteiger partial charge in [-0.05, 0) is 68.1 Å². The predicted octanol–water partition coefficient (Wildman–Crippen LogP) is 11.6. The highest BCUT2D eigenvalue weighted by atomic mass is 16.3. The molecule has 0 saturated carbocycles. The first-order valence-corrected chi connectivity index (χ1v) is 17.2. The largest absolute Gasteiger partial charge is 0.455 e. The zero-order chi connectivity index (χ0) is 34.1. The topological polar surface area (TPSA) is 63.9 Å². The van der Waals surface area contributed by atoms with Crippen LogP contribution in [0.2, 0.25) is 0 Å². The first-order valence-electron chi connectivity index (χ1n) is 17.2. The van der Waals surface area contributed by atoms with Crippen molar-refractivity contribution in [3.05, 3.63) is 193 Å². The molecule has 0 fully saturated rings. The molecular formula is C47H33N3O. The van der Waals surface area contributed by atoms with Crippen LogP contribution in [0.15, 0.2) is 190 Å². The van der Waals surface area contributed by atoms with Crippen molar-refractivity contribution in [1.29, 1.82) is 0 Å². The maximum absolute atomic E-state index is 7.02. The normalized spacial score (nSPS) is 12.3. The van der Waals surface area contributed by atoms with E-state index in [9.17, 15) is 0 Å². The molecule has 0 radical (unpaired) electrons. The van der Waals surface area contributed by atoms with E-state index in [0.29, 0.717) is 18.2 Å². The Kier molecular flexibility index (Phi) is 7.67. The lowest BCUT2D eigenvalue weighted by molar-refractivity contribution is 0.670. The molecule has 4 nitrogen and oxygen atoms in total. The lowest BCUT2D eigenvalue weighted by Gasteiger charge is -2.13. The summed E-state index contributed by atoms with van der Waals surface area (Å²) in [4.78, 5) is 10.1. The Balaban J connectivity index is 1.21. The monoisotopic (exact) mass is 655 g/mol. The summed E-state index contributed by atoms with van der Waals surface area (Å²) < 4.78 is 6.70. The Morgan fingerprint density at radius 2 is 1.16 bits per heavy atom. The van der Waals surface area contributed by atoms with Crippen molar-refractivity contribution in [3.8, 4) is 22.3 Å². The number of nitrogens with two attached hydrogens (primary N) is 1. The van der Waals surface area contributed by atoms with E-state index in [-0.39, 0.29) is 0 Å². The van der Waals surface area contributed by atoms with Crippen LogP contribution in [-0.4, -0.2) is 11.7 Å². The molecule has 9 aromatic rings. The minimum Gasteiger partial charge on any atom is -0.455 e. The third kappa shape index (κ3) is 5.63. The van der Waals surface area contributed by atoms with Crippen molar-refractivity contribution in [2.24, 2.45) is 15.7 Å². The van der Waals surface area contributed by atoms with Gasteiger partial charge in [-0.2, -0.15) is 0 Å². The number of aliphatic imine (C=N–C) groups is 2. The molecule has 1 heterocycles. The Labute approximate surface area is 295 Å². The van der Waals surface area contributed by atoms with Gasteiger partial charge in [-0.25, -0.2) is 4.99 Å². The Morgan fingerprint density at radius 3 is 1.94 bits per heavy atom. The molecule has 0 amide bonds. The second kappa shape index (κ2) is 12.9. The molecule has 0 aliphatic heterocycles. The van der Waals surface area contributed by atoms with Crippen molar-refractivity contribution in [1.82, 2.24) is 0 Å². The third-order valence-electron chi connectivity index (χ3n) is 9.59. The van der Waals surface area contributed by atoms with Crippen molar-refractivity contribution in [2.75, 3.05) is 0 Å². The second-order valence-corrected chi connectivity index (χ2v) is 12.7. The van der Waals surface area contributed by atoms with Crippen LogP contribution in [0.3, 0.4) is 0 Å². The highest BCUT2D eigenvalue weighted by molar-refractivity contribution is 6.24. The van der Waals surface area contributed by atoms with Gasteiger partial charge in [-0.1, -0.05) is 152 Å². The first kappa shape index (κ1) is 30.3. The summed E-state index contributed by atoms with van der Waals surface area (Å²) in [6.07, 6.45) is 0. The molecule has 51 heavy (non-hydrogen) atoms. The lowest BCUT2D eigenvalue weighted by Crippen LogP contribution is -2.17. The fraction of sp³-hybridized carbons (Fsp3) is 0.0213. The average molecular weight is 656 g/mol. The molecule has 0 spiro atoms. The molecule has 0 bridgehead atoms. The number of amidine groups is 2. The number of nitrogens with zero attached hydrogens (tertiary/aromatic N) is 2. The minimum absolute atomic E-state index is 0.375. The van der Waals surface area contributed by atoms with Crippen LogP contribution in [0.4, 0.5) is 0 Å². The van der Waals surface area contributed by atoms with Gasteiger partial charge in [-0.3, -0.25) is 4.99 Å². The number of benzene rings is 8. The van der Waals surface area contributed by atoms with E-state index in [0.717, 1.165) is 60.9 Å². The molecule has 0 atom stereocenters. The van der Waals surface area contributed by atoms with E-state index < -0.39 is 0 Å². The molecule has 242 valence electrons. The Hall–Kier alpha value is -6.78. The van der Waals surface area contributed by atoms with Gasteiger partial charge in [0, 0.05) is 27.5 Å². The molecule has 8 aromatic carbocycles. The quantitative estimate of drug-likeness (QED) is 0.110. The van der Waals surface area contributed by atoms with Gasteiger partial charge in [0.15, 0.2) is 5.84 Å². The fourth-order valence-electron chi connectivity index (χ4n) is 7.09. The second-order valence-electron chi connectivity index (χ2n) is 12.7. The summed E-state index contributed by atoms with van der Waals surface area (Å²) in [6.45, 7) is 0.478. The summed E-state index contributed by atoms with van der Waals surface area (Å²) in [5, 5.41) is 6.70. The Morgan fingerprint density at radius 1 is 0.529 bits per heavy atom. The fourth-order valence-corrected chi connectivity index (χ4v) is 7.09. The van der Waals surface area contributed by atoms with Crippen molar-refractivity contribution in [2.45, 2.75) is 6.54 Å². The SMILES string of the molecule is N/C(=N\C(=N/Cc1ccccc1)c1ccc(-c2ccccc2)cc1)c1ccc(-c2cc3ccccc3c3ccccc23)c2oc3ccccc3c12. The van der Waals surface area contributed by atoms with Crippen LogP contribution in [-0.2, 0) is 6.54 Å². The van der Waals surface area contributed by atoms with Crippen molar-refractivity contribution in [3.63, 3.8) is 0 Å². The Bertz CT molecular complexity index is 2760. The summed E-state index contributed by atoms with van der Waals surface area (Å²) in [7, 11) is 0. The van der Waals surface area contributed by atoms with Crippen LogP contribution < -0.4 is 5.73 Å². The summed E-state index contributed by atoms with van der Waals surface area (Å²) in [5.41, 5.74) is 15.8. The van der Waals surface area contributed by atoms with Gasteiger partial charge in [0.25, 0.3) is 0 Å². The molecular weight excluding hydrogens is 623 g/mol. The van der Waals surface area contributed by atoms with E-state index in [1.807, 2.05) is 42.5 Å². The molecule has 2 N–H and O–H groups in total. The number of hydrogen-bond acceptors (Lipinski definition) is 2. The standard InChI is InChI=1S/C47H33N3O/c48-46(50-47(49-30-31-13-3-1-4-14-31)34-25-23-33(24-26-34)32-15-5-2-6-16-32)41-28-27-39(45-44(41)40-21-11-12-22-43(40)51-45)42-29-35-17-7-8-18-36(35)37-19-9-10-20-38(37)42/h1-29H,30H2,(H2,48,49,50). The van der Waals surface area contributed by atoms with Crippen LogP contribution in [0.5, 0.6) is 0 Å². The highest BCUT2D eigenvalue weighted by Crippen LogP contribution is 2.42. The maximum atomic E-state index is 7.02. The third-order valence-corrected chi connectivity index (χ3v) is 9.59. The summed E-state index contributed by atoms with van der Waals surface area (Å²) in [6, 6.07) is 60.6. The maximum Gasteiger partial charge on any atom is 0.157 e. The van der Waals surface area contributed by atoms with Gasteiger partial charge < -0.3 is 10.2 Å². The van der Waals surface area contributed by atoms with Crippen LogP contribution >= 0.6 is 0 Å². The number of para-hydroxylation sites is 1. The molecule has 4 heteroatoms. The number of fused-ring (bicyclic) bond motifs is 6. The lowest BCUT2D eigenvalue weighted by atomic mass is 9.91. The first-order chi connectivity index (χ1) is 25.2. The summed E-state index contributed by atoms with van der Waals surface area (Å²) in [5.74, 6) is 0.946. The van der Waals surface area contributed by atoms with Crippen LogP contribution in [0.25, 0.3) is 65.7 Å². The van der Waals surface area contributed by atoms with E-state index >= 15 is 0 Å². The van der Waals surface area contributed by atoms with Crippen molar-refractivity contribution < 1.29 is 4.42 Å². The molecule has 0 unspecified atom stereocenters. The smallest absolute Gasteiger partial charge is 0.157 e. The van der Waals surface area contributed by atoms with Crippen LogP contribution in [0.1, 0.15) is 16.7 Å². The van der Waals surface area contributed by atoms with Crippen molar-refractivity contribution >= 4 is 55.2 Å². The molecule has 9 rings (SSSR count). The summed E-state index contributed by atoms with van der Waals surface area (Å²) >= 11 is 0. The number of hydrogen-bond donors (Lipinski definition) is 1. The molecule has 0 aliphatic rings. The number of furan rings is 1. The average Bonchev–Trinajstić information content (AvgIpc) is 3.59. The zero-order valence-electron chi connectivity index (χ0n) is 27.8. The van der Waals surface area contributed by atoms with Gasteiger partial charge in [0.05, 0.1) is 6.54 Å². The molecule has 0 aliphatic carbocycles. The minimum atomic E-state index is 0.375. The number of rotatable bonds is 6. The highest BCUT2D eigenvalue weighted by Gasteiger charge is 2.20. The van der Waals surface area contributed by atoms with Gasteiger partial charge in [0.2, 0.25) is 0 Å².